The lowest BCUT2D eigenvalue weighted by molar-refractivity contribution is -0.139. The van der Waals surface area contributed by atoms with E-state index in [-0.39, 0.29) is 29.9 Å². The van der Waals surface area contributed by atoms with Gasteiger partial charge in [-0.25, -0.2) is 4.39 Å². The van der Waals surface area contributed by atoms with Gasteiger partial charge in [-0.15, -0.1) is 0 Å². The number of carbonyl (C=O) groups excluding carboxylic acids is 1. The first-order chi connectivity index (χ1) is 21.1. The van der Waals surface area contributed by atoms with Gasteiger partial charge in [0.25, 0.3) is 5.91 Å². The number of rotatable bonds is 8. The number of hydrogen-bond acceptors (Lipinski definition) is 7. The SMILES string of the molecule is CN1CCC(F)C(Nc2cccc3c2cc(-c2noc(CNC(=O)c4ccn(C5CCCC5)c4)n2)n3CC(F)(F)F)C1.CO. The Bertz CT molecular complexity index is 1560. The van der Waals surface area contributed by atoms with Crippen molar-refractivity contribution in [2.45, 2.75) is 69.6 Å². The Morgan fingerprint density at radius 2 is 1.93 bits per heavy atom. The molecule has 4 heterocycles. The predicted octanol–water partition coefficient (Wildman–Crippen LogP) is 5.16. The number of carbonyl (C=O) groups is 1. The van der Waals surface area contributed by atoms with Gasteiger partial charge in [-0.05, 0) is 50.6 Å². The van der Waals surface area contributed by atoms with Crippen LogP contribution >= 0.6 is 0 Å². The lowest BCUT2D eigenvalue weighted by atomic mass is 10.0. The number of aromatic nitrogens is 4. The lowest BCUT2D eigenvalue weighted by Crippen LogP contribution is -2.47. The zero-order valence-corrected chi connectivity index (χ0v) is 24.6. The van der Waals surface area contributed by atoms with Crippen molar-refractivity contribution in [3.05, 3.63) is 54.2 Å². The summed E-state index contributed by atoms with van der Waals surface area (Å²) in [5.74, 6) is -0.298. The molecular formula is C30H37F4N7O3. The third-order valence-corrected chi connectivity index (χ3v) is 8.18. The number of benzene rings is 1. The van der Waals surface area contributed by atoms with Crippen molar-refractivity contribution in [1.29, 1.82) is 0 Å². The molecule has 2 aliphatic rings. The molecule has 2 unspecified atom stereocenters. The third kappa shape index (κ3) is 7.07. The highest BCUT2D eigenvalue weighted by Crippen LogP contribution is 2.35. The average molecular weight is 620 g/mol. The number of aliphatic hydroxyl groups excluding tert-OH is 1. The summed E-state index contributed by atoms with van der Waals surface area (Å²) in [6, 6.07) is 8.16. The van der Waals surface area contributed by atoms with E-state index in [1.807, 2.05) is 24.3 Å². The van der Waals surface area contributed by atoms with Crippen molar-refractivity contribution < 1.29 is 32.0 Å². The first-order valence-corrected chi connectivity index (χ1v) is 14.7. The molecule has 4 aromatic rings. The fraction of sp³-hybridized carbons (Fsp3) is 0.500. The van der Waals surface area contributed by atoms with Gasteiger partial charge in [-0.3, -0.25) is 4.79 Å². The second kappa shape index (κ2) is 13.4. The van der Waals surface area contributed by atoms with E-state index < -0.39 is 24.9 Å². The summed E-state index contributed by atoms with van der Waals surface area (Å²) in [6.45, 7) is -0.242. The molecule has 10 nitrogen and oxygen atoms in total. The number of likely N-dealkylation sites (N-methyl/N-ethyl adjacent to an activating group) is 1. The van der Waals surface area contributed by atoms with Gasteiger partial charge < -0.3 is 34.3 Å². The normalized spacial score (nSPS) is 19.6. The fourth-order valence-corrected chi connectivity index (χ4v) is 6.03. The van der Waals surface area contributed by atoms with E-state index in [9.17, 15) is 22.4 Å². The Hall–Kier alpha value is -3.91. The van der Waals surface area contributed by atoms with Crippen LogP contribution in [0.15, 0.2) is 47.2 Å². The number of nitrogens with one attached hydrogen (secondary N) is 2. The summed E-state index contributed by atoms with van der Waals surface area (Å²) in [4.78, 5) is 19.0. The summed E-state index contributed by atoms with van der Waals surface area (Å²) in [5.41, 5.74) is 1.44. The molecule has 14 heteroatoms. The summed E-state index contributed by atoms with van der Waals surface area (Å²) >= 11 is 0. The van der Waals surface area contributed by atoms with Crippen LogP contribution < -0.4 is 10.6 Å². The van der Waals surface area contributed by atoms with Crippen LogP contribution in [0.4, 0.5) is 23.2 Å². The molecule has 3 N–H and O–H groups in total. The first kappa shape index (κ1) is 31.5. The predicted molar refractivity (Wildman–Crippen MR) is 157 cm³/mol. The minimum atomic E-state index is -4.52. The standard InChI is InChI=1S/C29H33F4N7O2.CH4O/c1-38-11-10-21(30)23(16-38)35-22-7-4-8-24-20(22)13-25(40(24)17-29(31,32)33)27-36-26(42-37-27)14-34-28(41)18-9-12-39(15-18)19-5-2-3-6-19;1-2/h4,7-9,12-13,15,19,21,23,35H,2-3,5-6,10-11,14,16-17H2,1H3,(H,34,41);2H,1H3. The van der Waals surface area contributed by atoms with Crippen molar-refractivity contribution in [2.24, 2.45) is 0 Å². The van der Waals surface area contributed by atoms with Gasteiger partial charge in [-0.2, -0.15) is 18.2 Å². The van der Waals surface area contributed by atoms with Crippen LogP contribution in [0.3, 0.4) is 0 Å². The Labute approximate surface area is 252 Å². The number of alkyl halides is 4. The van der Waals surface area contributed by atoms with Crippen LogP contribution in [-0.4, -0.2) is 80.8 Å². The molecule has 3 aromatic heterocycles. The van der Waals surface area contributed by atoms with Gasteiger partial charge in [-0.1, -0.05) is 24.1 Å². The molecule has 1 aromatic carbocycles. The number of hydrogen-bond donors (Lipinski definition) is 3. The summed E-state index contributed by atoms with van der Waals surface area (Å²) in [6.07, 6.45) is 3.05. The van der Waals surface area contributed by atoms with Gasteiger partial charge >= 0.3 is 6.18 Å². The molecule has 0 bridgehead atoms. The summed E-state index contributed by atoms with van der Waals surface area (Å²) in [5, 5.41) is 17.4. The number of fused-ring (bicyclic) bond motifs is 1. The van der Waals surface area contributed by atoms with Crippen molar-refractivity contribution in [1.82, 2.24) is 29.5 Å². The Morgan fingerprint density at radius 1 is 1.16 bits per heavy atom. The number of anilines is 1. The maximum Gasteiger partial charge on any atom is 0.406 e. The molecule has 2 atom stereocenters. The van der Waals surface area contributed by atoms with E-state index in [2.05, 4.69) is 25.3 Å². The molecule has 0 radical (unpaired) electrons. The van der Waals surface area contributed by atoms with Crippen molar-refractivity contribution in [3.63, 3.8) is 0 Å². The third-order valence-electron chi connectivity index (χ3n) is 8.18. The molecule has 44 heavy (non-hydrogen) atoms. The van der Waals surface area contributed by atoms with Gasteiger partial charge in [0.15, 0.2) is 0 Å². The second-order valence-corrected chi connectivity index (χ2v) is 11.3. The smallest absolute Gasteiger partial charge is 0.400 e. The Kier molecular flexibility index (Phi) is 9.59. The lowest BCUT2D eigenvalue weighted by Gasteiger charge is -2.33. The van der Waals surface area contributed by atoms with E-state index in [0.717, 1.165) is 24.5 Å². The molecule has 6 rings (SSSR count). The number of aliphatic hydroxyl groups is 1. The number of likely N-dealkylation sites (tertiary alicyclic amines) is 1. The average Bonchev–Trinajstić information content (AvgIpc) is 3.81. The molecule has 2 fully saturated rings. The topological polar surface area (TPSA) is 113 Å². The van der Waals surface area contributed by atoms with E-state index in [1.54, 1.807) is 30.3 Å². The summed E-state index contributed by atoms with van der Waals surface area (Å²) in [7, 11) is 2.90. The largest absolute Gasteiger partial charge is 0.406 e. The summed E-state index contributed by atoms with van der Waals surface area (Å²) < 4.78 is 64.2. The monoisotopic (exact) mass is 619 g/mol. The molecule has 1 saturated carbocycles. The van der Waals surface area contributed by atoms with Gasteiger partial charge in [0.05, 0.1) is 29.4 Å². The minimum absolute atomic E-state index is 0.0428. The van der Waals surface area contributed by atoms with Crippen molar-refractivity contribution in [2.75, 3.05) is 32.6 Å². The van der Waals surface area contributed by atoms with Gasteiger partial charge in [0.1, 0.15) is 12.7 Å². The van der Waals surface area contributed by atoms with Gasteiger partial charge in [0, 0.05) is 49.7 Å². The van der Waals surface area contributed by atoms with Crippen LogP contribution in [0.25, 0.3) is 22.4 Å². The van der Waals surface area contributed by atoms with Crippen LogP contribution in [0.5, 0.6) is 0 Å². The maximum atomic E-state index is 14.7. The zero-order valence-electron chi connectivity index (χ0n) is 24.6. The molecule has 1 aliphatic heterocycles. The van der Waals surface area contributed by atoms with E-state index in [4.69, 9.17) is 9.63 Å². The molecule has 1 aliphatic carbocycles. The van der Waals surface area contributed by atoms with E-state index in [0.29, 0.717) is 47.7 Å². The highest BCUT2D eigenvalue weighted by molar-refractivity contribution is 5.96. The Morgan fingerprint density at radius 3 is 2.68 bits per heavy atom. The minimum Gasteiger partial charge on any atom is -0.400 e. The zero-order chi connectivity index (χ0) is 31.4. The van der Waals surface area contributed by atoms with Crippen LogP contribution in [-0.2, 0) is 13.1 Å². The molecule has 1 saturated heterocycles. The highest BCUT2D eigenvalue weighted by Gasteiger charge is 2.32. The number of nitrogens with zero attached hydrogens (tertiary/aromatic N) is 5. The molecule has 1 amide bonds. The van der Waals surface area contributed by atoms with Crippen LogP contribution in [0.2, 0.25) is 0 Å². The second-order valence-electron chi connectivity index (χ2n) is 11.3. The van der Waals surface area contributed by atoms with E-state index in [1.165, 1.54) is 12.8 Å². The number of amides is 1. The molecule has 0 spiro atoms. The Balaban J connectivity index is 0.00000188. The van der Waals surface area contributed by atoms with Crippen LogP contribution in [0, 0.1) is 0 Å². The first-order valence-electron chi connectivity index (χ1n) is 14.7. The number of piperidine rings is 1. The maximum absolute atomic E-state index is 14.7. The van der Waals surface area contributed by atoms with Crippen LogP contribution in [0.1, 0.15) is 54.4 Å². The fourth-order valence-electron chi connectivity index (χ4n) is 6.03. The number of halogens is 4. The van der Waals surface area contributed by atoms with E-state index >= 15 is 0 Å². The van der Waals surface area contributed by atoms with Crippen molar-refractivity contribution in [3.8, 4) is 11.5 Å². The quantitative estimate of drug-likeness (QED) is 0.234. The molecular weight excluding hydrogens is 582 g/mol. The highest BCUT2D eigenvalue weighted by atomic mass is 19.4. The van der Waals surface area contributed by atoms with Crippen molar-refractivity contribution >= 4 is 22.5 Å². The molecule has 238 valence electrons. The van der Waals surface area contributed by atoms with Gasteiger partial charge in [0.2, 0.25) is 11.7 Å².